The quantitative estimate of drug-likeness (QED) is 0.467. The summed E-state index contributed by atoms with van der Waals surface area (Å²) in [6.45, 7) is 7.00. The monoisotopic (exact) mass is 426 g/mol. The largest absolute Gasteiger partial charge is 0.490 e. The van der Waals surface area contributed by atoms with Crippen molar-refractivity contribution in [1.82, 2.24) is 5.32 Å². The molecule has 0 heterocycles. The Morgan fingerprint density at radius 2 is 1.90 bits per heavy atom. The van der Waals surface area contributed by atoms with Gasteiger partial charge in [0.25, 0.3) is 0 Å². The minimum absolute atomic E-state index is 0.0390. The first-order chi connectivity index (χ1) is 13.9. The zero-order valence-corrected chi connectivity index (χ0v) is 17.9. The van der Waals surface area contributed by atoms with Gasteiger partial charge in [-0.15, -0.1) is 0 Å². The van der Waals surface area contributed by atoms with Gasteiger partial charge in [0.1, 0.15) is 11.6 Å². The summed E-state index contributed by atoms with van der Waals surface area (Å²) >= 11 is 0. The van der Waals surface area contributed by atoms with Gasteiger partial charge < -0.3 is 25.6 Å². The minimum atomic E-state index is -0.933. The fraction of sp³-hybridized carbons (Fsp3) is 0.571. The van der Waals surface area contributed by atoms with E-state index in [4.69, 9.17) is 20.3 Å². The molecule has 0 fully saturated rings. The van der Waals surface area contributed by atoms with Crippen molar-refractivity contribution in [2.75, 3.05) is 6.61 Å². The van der Waals surface area contributed by atoms with Gasteiger partial charge in [0.15, 0.2) is 11.6 Å². The molecule has 168 valence electrons. The third-order valence-corrected chi connectivity index (χ3v) is 4.02. The molecule has 0 radical (unpaired) electrons. The van der Waals surface area contributed by atoms with Crippen molar-refractivity contribution in [1.29, 1.82) is 0 Å². The van der Waals surface area contributed by atoms with Crippen LogP contribution < -0.4 is 15.8 Å². The van der Waals surface area contributed by atoms with Gasteiger partial charge in [0.05, 0.1) is 6.61 Å². The molecule has 1 aromatic rings. The van der Waals surface area contributed by atoms with Crippen molar-refractivity contribution in [2.45, 2.75) is 71.4 Å². The molecule has 0 spiro atoms. The number of aliphatic carboxylic acids is 1. The first-order valence-electron chi connectivity index (χ1n) is 9.81. The number of benzene rings is 1. The van der Waals surface area contributed by atoms with Gasteiger partial charge in [-0.1, -0.05) is 6.07 Å². The summed E-state index contributed by atoms with van der Waals surface area (Å²) in [7, 11) is 0. The highest BCUT2D eigenvalue weighted by Crippen LogP contribution is 2.24. The summed E-state index contributed by atoms with van der Waals surface area (Å²) in [6, 6.07) is 2.29. The third kappa shape index (κ3) is 9.58. The fourth-order valence-corrected chi connectivity index (χ4v) is 2.73. The topological polar surface area (TPSA) is 128 Å². The van der Waals surface area contributed by atoms with E-state index in [1.165, 1.54) is 0 Å². The average Bonchev–Trinajstić information content (AvgIpc) is 2.58. The van der Waals surface area contributed by atoms with Crippen molar-refractivity contribution in [3.63, 3.8) is 0 Å². The number of aryl methyl sites for hydroxylation is 2. The van der Waals surface area contributed by atoms with Gasteiger partial charge in [0, 0.05) is 6.42 Å². The Morgan fingerprint density at radius 3 is 2.47 bits per heavy atom. The van der Waals surface area contributed by atoms with E-state index in [9.17, 15) is 18.8 Å². The number of halogens is 1. The molecule has 8 nitrogen and oxygen atoms in total. The number of primary amides is 1. The number of carboxylic acid groups (broad SMARTS) is 1. The molecule has 1 atom stereocenters. The normalized spacial score (nSPS) is 12.2. The molecule has 9 heteroatoms. The molecule has 1 unspecified atom stereocenters. The van der Waals surface area contributed by atoms with E-state index in [-0.39, 0.29) is 25.2 Å². The summed E-state index contributed by atoms with van der Waals surface area (Å²) in [5, 5.41) is 11.1. The number of amides is 2. The number of alkyl carbamates (subject to hydrolysis) is 1. The van der Waals surface area contributed by atoms with Gasteiger partial charge in [-0.25, -0.2) is 9.18 Å². The van der Waals surface area contributed by atoms with Gasteiger partial charge in [0.2, 0.25) is 5.91 Å². The maximum Gasteiger partial charge on any atom is 0.408 e. The number of nitrogens with two attached hydrogens (primary N) is 1. The van der Waals surface area contributed by atoms with Crippen molar-refractivity contribution < 1.29 is 33.4 Å². The Hall–Kier alpha value is -2.84. The van der Waals surface area contributed by atoms with E-state index >= 15 is 0 Å². The number of nitrogens with one attached hydrogen (secondary N) is 1. The van der Waals surface area contributed by atoms with E-state index < -0.39 is 35.4 Å². The molecule has 2 amide bonds. The number of carboxylic acids is 1. The van der Waals surface area contributed by atoms with Crippen LogP contribution >= 0.6 is 0 Å². The van der Waals surface area contributed by atoms with E-state index in [0.29, 0.717) is 24.8 Å². The predicted octanol–water partition coefficient (Wildman–Crippen LogP) is 3.08. The van der Waals surface area contributed by atoms with Gasteiger partial charge >= 0.3 is 12.1 Å². The molecule has 0 aliphatic rings. The van der Waals surface area contributed by atoms with Crippen molar-refractivity contribution in [3.05, 3.63) is 29.1 Å². The highest BCUT2D eigenvalue weighted by Gasteiger charge is 2.22. The van der Waals surface area contributed by atoms with Gasteiger partial charge in [-0.3, -0.25) is 9.59 Å². The van der Waals surface area contributed by atoms with Gasteiger partial charge in [-0.05, 0) is 70.6 Å². The Bertz CT molecular complexity index is 761. The Kier molecular flexibility index (Phi) is 9.55. The molecule has 0 aromatic heterocycles. The summed E-state index contributed by atoms with van der Waals surface area (Å²) < 4.78 is 25.2. The van der Waals surface area contributed by atoms with Crippen LogP contribution in [-0.2, 0) is 20.7 Å². The summed E-state index contributed by atoms with van der Waals surface area (Å²) in [5.74, 6) is -2.09. The summed E-state index contributed by atoms with van der Waals surface area (Å²) in [4.78, 5) is 34.0. The van der Waals surface area contributed by atoms with E-state index in [0.717, 1.165) is 5.56 Å². The smallest absolute Gasteiger partial charge is 0.408 e. The second-order valence-corrected chi connectivity index (χ2v) is 8.08. The van der Waals surface area contributed by atoms with Crippen LogP contribution in [-0.4, -0.2) is 41.3 Å². The number of rotatable bonds is 11. The predicted molar refractivity (Wildman–Crippen MR) is 109 cm³/mol. The first kappa shape index (κ1) is 25.2. The Morgan fingerprint density at radius 1 is 1.23 bits per heavy atom. The molecule has 4 N–H and O–H groups in total. The van der Waals surface area contributed by atoms with Crippen LogP contribution in [0.15, 0.2) is 12.1 Å². The van der Waals surface area contributed by atoms with Gasteiger partial charge in [-0.2, -0.15) is 0 Å². The number of carbonyl (C=O) groups excluding carboxylic acids is 2. The lowest BCUT2D eigenvalue weighted by Gasteiger charge is -2.22. The SMILES string of the molecule is Cc1cc(CCCC(=O)O)c(F)c(OCCCC(NC(=O)OC(C)(C)C)C(N)=O)c1. The van der Waals surface area contributed by atoms with Crippen LogP contribution in [0.2, 0.25) is 0 Å². The van der Waals surface area contributed by atoms with Crippen LogP contribution in [0.5, 0.6) is 5.75 Å². The van der Waals surface area contributed by atoms with Crippen LogP contribution in [0.25, 0.3) is 0 Å². The maximum atomic E-state index is 14.6. The highest BCUT2D eigenvalue weighted by molar-refractivity contribution is 5.84. The lowest BCUT2D eigenvalue weighted by molar-refractivity contribution is -0.137. The molecular weight excluding hydrogens is 395 g/mol. The van der Waals surface area contributed by atoms with E-state index in [2.05, 4.69) is 5.32 Å². The molecular formula is C21H31FN2O6. The number of hydrogen-bond donors (Lipinski definition) is 3. The zero-order chi connectivity index (χ0) is 22.9. The maximum absolute atomic E-state index is 14.6. The molecule has 0 saturated heterocycles. The lowest BCUT2D eigenvalue weighted by atomic mass is 10.0. The highest BCUT2D eigenvalue weighted by atomic mass is 19.1. The van der Waals surface area contributed by atoms with E-state index in [1.54, 1.807) is 39.8 Å². The van der Waals surface area contributed by atoms with E-state index in [1.807, 2.05) is 0 Å². The molecule has 0 aliphatic heterocycles. The lowest BCUT2D eigenvalue weighted by Crippen LogP contribution is -2.46. The van der Waals surface area contributed by atoms with Crippen molar-refractivity contribution in [2.24, 2.45) is 5.73 Å². The second-order valence-electron chi connectivity index (χ2n) is 8.08. The van der Waals surface area contributed by atoms with Crippen LogP contribution in [0.4, 0.5) is 9.18 Å². The van der Waals surface area contributed by atoms with Crippen molar-refractivity contribution >= 4 is 18.0 Å². The second kappa shape index (κ2) is 11.4. The summed E-state index contributed by atoms with van der Waals surface area (Å²) in [6.07, 6.45) is 0.371. The molecule has 30 heavy (non-hydrogen) atoms. The summed E-state index contributed by atoms with van der Waals surface area (Å²) in [5.41, 5.74) is 5.80. The Balaban J connectivity index is 2.60. The number of hydrogen-bond acceptors (Lipinski definition) is 5. The average molecular weight is 426 g/mol. The molecule has 1 rings (SSSR count). The fourth-order valence-electron chi connectivity index (χ4n) is 2.73. The first-order valence-corrected chi connectivity index (χ1v) is 9.81. The van der Waals surface area contributed by atoms with Crippen molar-refractivity contribution in [3.8, 4) is 5.75 Å². The molecule has 1 aromatic carbocycles. The Labute approximate surface area is 175 Å². The van der Waals surface area contributed by atoms with Crippen LogP contribution in [0.1, 0.15) is 57.6 Å². The minimum Gasteiger partial charge on any atom is -0.490 e. The molecule has 0 aliphatic carbocycles. The number of carbonyl (C=O) groups is 3. The standard InChI is InChI=1S/C21H31FN2O6/c1-13-11-14(7-5-9-17(25)26)18(22)16(12-13)29-10-6-8-15(19(23)27)24-20(28)30-21(2,3)4/h11-12,15H,5-10H2,1-4H3,(H2,23,27)(H,24,28)(H,25,26). The third-order valence-electron chi connectivity index (χ3n) is 4.02. The van der Waals surface area contributed by atoms with Crippen LogP contribution in [0.3, 0.4) is 0 Å². The molecule has 0 bridgehead atoms. The number of ether oxygens (including phenoxy) is 2. The zero-order valence-electron chi connectivity index (χ0n) is 17.9. The molecule has 0 saturated carbocycles. The van der Waals surface area contributed by atoms with Crippen LogP contribution in [0, 0.1) is 12.7 Å².